The van der Waals surface area contributed by atoms with Gasteiger partial charge < -0.3 is 14.6 Å². The fraction of sp³-hybridized carbons (Fsp3) is 0.207. The third-order valence-electron chi connectivity index (χ3n) is 6.21. The van der Waals surface area contributed by atoms with Crippen molar-refractivity contribution < 1.29 is 9.53 Å². The van der Waals surface area contributed by atoms with E-state index in [1.165, 1.54) is 11.1 Å². The molecule has 0 fully saturated rings. The number of amides is 1. The summed E-state index contributed by atoms with van der Waals surface area (Å²) in [4.78, 5) is 12.6. The van der Waals surface area contributed by atoms with Crippen LogP contribution in [0.3, 0.4) is 0 Å². The normalized spacial score (nSPS) is 14.2. The molecule has 1 aliphatic rings. The summed E-state index contributed by atoms with van der Waals surface area (Å²) in [5, 5.41) is 4.09. The van der Waals surface area contributed by atoms with Gasteiger partial charge in [-0.05, 0) is 48.2 Å². The predicted molar refractivity (Wildman–Crippen MR) is 136 cm³/mol. The van der Waals surface area contributed by atoms with E-state index in [1.54, 1.807) is 0 Å². The Kier molecular flexibility index (Phi) is 5.51. The molecule has 166 valence electrons. The Labute approximate surface area is 194 Å². The van der Waals surface area contributed by atoms with E-state index in [0.29, 0.717) is 18.1 Å². The quantitative estimate of drug-likeness (QED) is 0.344. The molecule has 1 aliphatic heterocycles. The number of hydrogen-bond donors (Lipinski definition) is 1. The number of fused-ring (bicyclic) bond motifs is 2. The van der Waals surface area contributed by atoms with Gasteiger partial charge in [0.2, 0.25) is 0 Å². The fourth-order valence-electron chi connectivity index (χ4n) is 4.51. The molecule has 1 aromatic heterocycles. The highest BCUT2D eigenvalue weighted by Crippen LogP contribution is 2.34. The number of anilines is 1. The minimum absolute atomic E-state index is 0.0583. The lowest BCUT2D eigenvalue weighted by Crippen LogP contribution is -2.09. The summed E-state index contributed by atoms with van der Waals surface area (Å²) in [6.45, 7) is 7.76. The van der Waals surface area contributed by atoms with E-state index in [9.17, 15) is 4.79 Å². The highest BCUT2D eigenvalue weighted by atomic mass is 16.5. The van der Waals surface area contributed by atoms with E-state index in [4.69, 9.17) is 4.74 Å². The summed E-state index contributed by atoms with van der Waals surface area (Å²) >= 11 is 0. The summed E-state index contributed by atoms with van der Waals surface area (Å²) in [5.41, 5.74) is 7.11. The average molecular weight is 437 g/mol. The number of carbonyl (C=O) groups is 1. The number of carbonyl (C=O) groups excluding carboxylic acids is 1. The van der Waals surface area contributed by atoms with Crippen molar-refractivity contribution in [1.82, 2.24) is 4.57 Å². The molecule has 5 rings (SSSR count). The number of ether oxygens (including phenoxy) is 1. The molecule has 0 atom stereocenters. The number of nitrogens with zero attached hydrogens (tertiary/aromatic N) is 1. The number of para-hydroxylation sites is 2. The molecule has 0 bridgehead atoms. The lowest BCUT2D eigenvalue weighted by atomic mass is 10.0. The van der Waals surface area contributed by atoms with Crippen molar-refractivity contribution in [2.75, 3.05) is 11.9 Å². The van der Waals surface area contributed by atoms with Crippen LogP contribution in [0.2, 0.25) is 0 Å². The van der Waals surface area contributed by atoms with Crippen LogP contribution < -0.4 is 10.1 Å². The van der Waals surface area contributed by atoms with Gasteiger partial charge in [0, 0.05) is 39.5 Å². The second-order valence-corrected chi connectivity index (χ2v) is 8.90. The van der Waals surface area contributed by atoms with Gasteiger partial charge in [0.1, 0.15) is 12.4 Å². The highest BCUT2D eigenvalue weighted by Gasteiger charge is 2.24. The first kappa shape index (κ1) is 21.1. The van der Waals surface area contributed by atoms with Gasteiger partial charge >= 0.3 is 0 Å². The van der Waals surface area contributed by atoms with E-state index >= 15 is 0 Å². The maximum Gasteiger partial charge on any atom is 0.256 e. The van der Waals surface area contributed by atoms with E-state index in [-0.39, 0.29) is 5.91 Å². The van der Waals surface area contributed by atoms with Crippen LogP contribution in [0.1, 0.15) is 42.0 Å². The predicted octanol–water partition coefficient (Wildman–Crippen LogP) is 6.64. The molecule has 0 unspecified atom stereocenters. The number of rotatable bonds is 6. The number of hydrogen-bond acceptors (Lipinski definition) is 2. The molecule has 0 saturated heterocycles. The highest BCUT2D eigenvalue weighted by molar-refractivity contribution is 6.35. The first-order valence-electron chi connectivity index (χ1n) is 11.4. The first-order chi connectivity index (χ1) is 16.0. The van der Waals surface area contributed by atoms with Gasteiger partial charge in [0.05, 0.1) is 6.54 Å². The Bertz CT molecular complexity index is 1380. The van der Waals surface area contributed by atoms with E-state index in [0.717, 1.165) is 40.0 Å². The molecule has 0 spiro atoms. The molecular weight excluding hydrogens is 408 g/mol. The van der Waals surface area contributed by atoms with Gasteiger partial charge in [0.15, 0.2) is 0 Å². The molecule has 0 radical (unpaired) electrons. The molecule has 4 nitrogen and oxygen atoms in total. The summed E-state index contributed by atoms with van der Waals surface area (Å²) in [6.07, 6.45) is 4.12. The number of nitrogens with one attached hydrogen (secondary N) is 1. The van der Waals surface area contributed by atoms with Crippen LogP contribution in [0.5, 0.6) is 5.75 Å². The van der Waals surface area contributed by atoms with Crippen molar-refractivity contribution in [3.63, 3.8) is 0 Å². The maximum absolute atomic E-state index is 12.6. The molecule has 3 aromatic carbocycles. The largest absolute Gasteiger partial charge is 0.491 e. The number of aromatic nitrogens is 1. The van der Waals surface area contributed by atoms with Crippen LogP contribution in [-0.4, -0.2) is 17.1 Å². The second-order valence-electron chi connectivity index (χ2n) is 8.90. The molecule has 4 heteroatoms. The molecule has 0 aliphatic carbocycles. The Morgan fingerprint density at radius 2 is 1.82 bits per heavy atom. The maximum atomic E-state index is 12.6. The van der Waals surface area contributed by atoms with Gasteiger partial charge in [0.25, 0.3) is 5.91 Å². The molecule has 1 amide bonds. The van der Waals surface area contributed by atoms with Gasteiger partial charge in [-0.1, -0.05) is 62.4 Å². The summed E-state index contributed by atoms with van der Waals surface area (Å²) in [7, 11) is 0. The van der Waals surface area contributed by atoms with Crippen molar-refractivity contribution in [3.05, 3.63) is 95.2 Å². The Morgan fingerprint density at radius 3 is 2.67 bits per heavy atom. The average Bonchev–Trinajstić information content (AvgIpc) is 3.31. The molecule has 33 heavy (non-hydrogen) atoms. The van der Waals surface area contributed by atoms with E-state index in [1.807, 2.05) is 42.5 Å². The fourth-order valence-corrected chi connectivity index (χ4v) is 4.51. The van der Waals surface area contributed by atoms with Gasteiger partial charge in [-0.25, -0.2) is 0 Å². The molecule has 2 heterocycles. The topological polar surface area (TPSA) is 43.3 Å². The Balaban J connectivity index is 1.44. The van der Waals surface area contributed by atoms with Crippen molar-refractivity contribution in [2.24, 2.45) is 0 Å². The van der Waals surface area contributed by atoms with Crippen LogP contribution in [0.4, 0.5) is 5.69 Å². The van der Waals surface area contributed by atoms with Crippen molar-refractivity contribution in [2.45, 2.75) is 33.2 Å². The minimum Gasteiger partial charge on any atom is -0.491 e. The summed E-state index contributed by atoms with van der Waals surface area (Å²) in [6, 6.07) is 22.6. The van der Waals surface area contributed by atoms with Crippen molar-refractivity contribution >= 4 is 34.1 Å². The summed E-state index contributed by atoms with van der Waals surface area (Å²) in [5.74, 6) is 1.31. The van der Waals surface area contributed by atoms with Gasteiger partial charge in [-0.3, -0.25) is 4.79 Å². The summed E-state index contributed by atoms with van der Waals surface area (Å²) < 4.78 is 8.45. The zero-order chi connectivity index (χ0) is 22.9. The third-order valence-corrected chi connectivity index (χ3v) is 6.21. The van der Waals surface area contributed by atoms with Gasteiger partial charge in [-0.15, -0.1) is 0 Å². The van der Waals surface area contributed by atoms with Crippen LogP contribution in [0.25, 0.3) is 22.6 Å². The minimum atomic E-state index is -0.0583. The van der Waals surface area contributed by atoms with Crippen LogP contribution >= 0.6 is 0 Å². The van der Waals surface area contributed by atoms with Crippen molar-refractivity contribution in [1.29, 1.82) is 0 Å². The number of benzene rings is 3. The van der Waals surface area contributed by atoms with Crippen LogP contribution in [0, 0.1) is 6.92 Å². The second kappa shape index (κ2) is 8.62. The number of aryl methyl sites for hydroxylation is 1. The van der Waals surface area contributed by atoms with E-state index in [2.05, 4.69) is 67.2 Å². The van der Waals surface area contributed by atoms with Crippen LogP contribution in [-0.2, 0) is 11.3 Å². The monoisotopic (exact) mass is 436 g/mol. The Hall–Kier alpha value is -3.79. The van der Waals surface area contributed by atoms with Gasteiger partial charge in [-0.2, -0.15) is 0 Å². The standard InChI is InChI=1S/C29H28N2O2/c1-19(2)22-13-12-20(3)16-28(22)33-15-14-31-18-21(23-8-5-7-11-27(23)31)17-25-24-9-4-6-10-26(24)30-29(25)32/h4-13,16-19H,14-15H2,1-3H3,(H,30,32)/b25-17+. The molecular formula is C29H28N2O2. The lowest BCUT2D eigenvalue weighted by molar-refractivity contribution is -0.110. The molecule has 4 aromatic rings. The Morgan fingerprint density at radius 1 is 1.03 bits per heavy atom. The zero-order valence-electron chi connectivity index (χ0n) is 19.3. The van der Waals surface area contributed by atoms with E-state index < -0.39 is 0 Å². The smallest absolute Gasteiger partial charge is 0.256 e. The van der Waals surface area contributed by atoms with Crippen LogP contribution in [0.15, 0.2) is 72.9 Å². The van der Waals surface area contributed by atoms with Crippen molar-refractivity contribution in [3.8, 4) is 5.75 Å². The molecule has 1 N–H and O–H groups in total. The SMILES string of the molecule is Cc1ccc(C(C)C)c(OCCn2cc(/C=C3/C(=O)Nc4ccccc43)c3ccccc32)c1. The molecule has 0 saturated carbocycles. The zero-order valence-corrected chi connectivity index (χ0v) is 19.3. The lowest BCUT2D eigenvalue weighted by Gasteiger charge is -2.15. The third kappa shape index (κ3) is 4.05. The first-order valence-corrected chi connectivity index (χ1v) is 11.4.